The third kappa shape index (κ3) is 5.48. The summed E-state index contributed by atoms with van der Waals surface area (Å²) in [6, 6.07) is 0. The molecule has 0 rings (SSSR count). The zero-order chi connectivity index (χ0) is 6.41. The maximum absolute atomic E-state index is 3.13. The first-order chi connectivity index (χ1) is 3.77. The van der Waals surface area contributed by atoms with Crippen LogP contribution in [0.25, 0.3) is 0 Å². The van der Waals surface area contributed by atoms with Crippen molar-refractivity contribution in [1.29, 1.82) is 0 Å². The summed E-state index contributed by atoms with van der Waals surface area (Å²) in [6.07, 6.45) is 9.07. The molecule has 1 radical (unpaired) electrons. The fraction of sp³-hybridized carbons (Fsp3) is 0.500. The molecule has 8 heavy (non-hydrogen) atoms. The quantitative estimate of drug-likeness (QED) is 0.478. The van der Waals surface area contributed by atoms with E-state index >= 15 is 0 Å². The lowest BCUT2D eigenvalue weighted by Gasteiger charge is -1.86. The first-order valence-electron chi connectivity index (χ1n) is 2.98. The molecule has 0 spiro atoms. The van der Waals surface area contributed by atoms with E-state index in [-0.39, 0.29) is 0 Å². The Morgan fingerprint density at radius 3 is 2.38 bits per heavy atom. The Kier molecular flexibility index (Phi) is 4.33. The van der Waals surface area contributed by atoms with Crippen molar-refractivity contribution in [2.24, 2.45) is 5.92 Å². The molecule has 0 atom stereocenters. The molecular weight excluding hydrogens is 96.1 g/mol. The Balaban J connectivity index is 3.34. The van der Waals surface area contributed by atoms with Gasteiger partial charge in [-0.2, -0.15) is 0 Å². The van der Waals surface area contributed by atoms with Crippen molar-refractivity contribution in [3.8, 4) is 0 Å². The Hall–Kier alpha value is -0.520. The van der Waals surface area contributed by atoms with Gasteiger partial charge in [-0.25, -0.2) is 0 Å². The largest absolute Gasteiger partial charge is 0.0877 e. The van der Waals surface area contributed by atoms with Crippen LogP contribution < -0.4 is 0 Å². The standard InChI is InChI=1S/C8H13/c1-4-5-6-7-8(2)3/h4-6,8H,1-3H3/b5-4+,7-6?. The van der Waals surface area contributed by atoms with Crippen LogP contribution in [0.3, 0.4) is 0 Å². The highest BCUT2D eigenvalue weighted by atomic mass is 13.8. The molecule has 0 nitrogen and oxygen atoms in total. The molecule has 0 aliphatic rings. The smallest absolute Gasteiger partial charge is 0.0216 e. The fourth-order valence-electron chi connectivity index (χ4n) is 0.344. The van der Waals surface area contributed by atoms with Crippen molar-refractivity contribution < 1.29 is 0 Å². The van der Waals surface area contributed by atoms with Gasteiger partial charge in [0, 0.05) is 0 Å². The van der Waals surface area contributed by atoms with Gasteiger partial charge in [0.15, 0.2) is 0 Å². The Morgan fingerprint density at radius 2 is 2.00 bits per heavy atom. The molecule has 0 heterocycles. The molecule has 0 heteroatoms. The van der Waals surface area contributed by atoms with E-state index in [0.29, 0.717) is 5.92 Å². The second-order valence-corrected chi connectivity index (χ2v) is 2.01. The Labute approximate surface area is 51.9 Å². The van der Waals surface area contributed by atoms with Crippen molar-refractivity contribution in [1.82, 2.24) is 0 Å². The summed E-state index contributed by atoms with van der Waals surface area (Å²) in [7, 11) is 0. The number of rotatable bonds is 2. The summed E-state index contributed by atoms with van der Waals surface area (Å²) in [5, 5.41) is 0. The summed E-state index contributed by atoms with van der Waals surface area (Å²) in [6.45, 7) is 6.22. The minimum Gasteiger partial charge on any atom is -0.0877 e. The summed E-state index contributed by atoms with van der Waals surface area (Å²) in [4.78, 5) is 0. The first kappa shape index (κ1) is 7.48. The maximum atomic E-state index is 3.13. The molecular formula is C8H13. The molecule has 45 valence electrons. The lowest BCUT2D eigenvalue weighted by atomic mass is 10.2. The molecule has 0 saturated heterocycles. The van der Waals surface area contributed by atoms with Crippen molar-refractivity contribution in [3.63, 3.8) is 0 Å². The maximum Gasteiger partial charge on any atom is -0.0216 e. The fourth-order valence-corrected chi connectivity index (χ4v) is 0.344. The second-order valence-electron chi connectivity index (χ2n) is 2.01. The van der Waals surface area contributed by atoms with Gasteiger partial charge in [-0.3, -0.25) is 0 Å². The van der Waals surface area contributed by atoms with Crippen LogP contribution in [0.4, 0.5) is 0 Å². The predicted molar refractivity (Wildman–Crippen MR) is 37.5 cm³/mol. The average molecular weight is 109 g/mol. The highest BCUT2D eigenvalue weighted by molar-refractivity contribution is 4.97. The van der Waals surface area contributed by atoms with Gasteiger partial charge in [0.25, 0.3) is 0 Å². The van der Waals surface area contributed by atoms with Gasteiger partial charge in [0.05, 0.1) is 0 Å². The van der Waals surface area contributed by atoms with E-state index in [1.54, 1.807) is 0 Å². The highest BCUT2D eigenvalue weighted by Crippen LogP contribution is 1.90. The minimum absolute atomic E-state index is 0.547. The molecule has 0 saturated carbocycles. The van der Waals surface area contributed by atoms with Crippen molar-refractivity contribution in [3.05, 3.63) is 24.3 Å². The predicted octanol–water partition coefficient (Wildman–Crippen LogP) is 2.58. The van der Waals surface area contributed by atoms with Crippen LogP contribution in [0.15, 0.2) is 18.2 Å². The summed E-state index contributed by atoms with van der Waals surface area (Å²) >= 11 is 0. The van der Waals surface area contributed by atoms with Crippen LogP contribution in [0, 0.1) is 12.0 Å². The van der Waals surface area contributed by atoms with Crippen LogP contribution in [-0.4, -0.2) is 0 Å². The first-order valence-corrected chi connectivity index (χ1v) is 2.98. The normalized spacial score (nSPS) is 12.5. The van der Waals surface area contributed by atoms with Crippen LogP contribution in [-0.2, 0) is 0 Å². The molecule has 0 aliphatic heterocycles. The van der Waals surface area contributed by atoms with Gasteiger partial charge in [0.1, 0.15) is 0 Å². The zero-order valence-corrected chi connectivity index (χ0v) is 5.81. The molecule has 0 fully saturated rings. The second kappa shape index (κ2) is 4.63. The van der Waals surface area contributed by atoms with Crippen LogP contribution in [0.2, 0.25) is 0 Å². The number of hydrogen-bond donors (Lipinski definition) is 0. The molecule has 0 aromatic heterocycles. The van der Waals surface area contributed by atoms with E-state index in [2.05, 4.69) is 19.9 Å². The van der Waals surface area contributed by atoms with Crippen molar-refractivity contribution in [2.45, 2.75) is 20.8 Å². The Morgan fingerprint density at radius 1 is 1.38 bits per heavy atom. The molecule has 0 bridgehead atoms. The van der Waals surface area contributed by atoms with E-state index in [1.165, 1.54) is 0 Å². The van der Waals surface area contributed by atoms with E-state index in [1.807, 2.05) is 25.2 Å². The van der Waals surface area contributed by atoms with E-state index < -0.39 is 0 Å². The van der Waals surface area contributed by atoms with E-state index in [9.17, 15) is 0 Å². The van der Waals surface area contributed by atoms with E-state index in [0.717, 1.165) is 0 Å². The summed E-state index contributed by atoms with van der Waals surface area (Å²) in [5.41, 5.74) is 0. The van der Waals surface area contributed by atoms with Crippen LogP contribution >= 0.6 is 0 Å². The molecule has 0 aromatic carbocycles. The summed E-state index contributed by atoms with van der Waals surface area (Å²) < 4.78 is 0. The van der Waals surface area contributed by atoms with Crippen molar-refractivity contribution in [2.75, 3.05) is 0 Å². The molecule has 0 unspecified atom stereocenters. The molecule has 0 N–H and O–H groups in total. The van der Waals surface area contributed by atoms with Gasteiger partial charge in [0.2, 0.25) is 0 Å². The van der Waals surface area contributed by atoms with E-state index in [4.69, 9.17) is 0 Å². The highest BCUT2D eigenvalue weighted by Gasteiger charge is 1.79. The molecule has 0 aromatic rings. The van der Waals surface area contributed by atoms with Crippen molar-refractivity contribution >= 4 is 0 Å². The zero-order valence-electron chi connectivity index (χ0n) is 5.81. The summed E-state index contributed by atoms with van der Waals surface area (Å²) in [5.74, 6) is 0.547. The number of hydrogen-bond acceptors (Lipinski definition) is 0. The lowest BCUT2D eigenvalue weighted by molar-refractivity contribution is 0.806. The number of allylic oxidation sites excluding steroid dienone is 4. The van der Waals surface area contributed by atoms with Gasteiger partial charge in [-0.05, 0) is 18.9 Å². The van der Waals surface area contributed by atoms with Crippen LogP contribution in [0.1, 0.15) is 20.8 Å². The minimum atomic E-state index is 0.547. The van der Waals surface area contributed by atoms with Crippen LogP contribution in [0.5, 0.6) is 0 Å². The monoisotopic (exact) mass is 109 g/mol. The molecule has 0 aliphatic carbocycles. The topological polar surface area (TPSA) is 0 Å². The van der Waals surface area contributed by atoms with Gasteiger partial charge in [-0.15, -0.1) is 0 Å². The third-order valence-electron chi connectivity index (χ3n) is 0.718. The third-order valence-corrected chi connectivity index (χ3v) is 0.718. The SMILES string of the molecule is C/C=C/C=[C]\C(C)C. The average Bonchev–Trinajstić information content (AvgIpc) is 1.66. The van der Waals surface area contributed by atoms with Gasteiger partial charge in [-0.1, -0.05) is 32.1 Å². The molecule has 0 amide bonds. The van der Waals surface area contributed by atoms with Gasteiger partial charge >= 0.3 is 0 Å². The Bertz CT molecular complexity index is 86.2. The van der Waals surface area contributed by atoms with Gasteiger partial charge < -0.3 is 0 Å². The lowest BCUT2D eigenvalue weighted by Crippen LogP contribution is -1.75.